The van der Waals surface area contributed by atoms with Gasteiger partial charge in [-0.25, -0.2) is 18.7 Å². The van der Waals surface area contributed by atoms with Gasteiger partial charge in [0.05, 0.1) is 30.0 Å². The van der Waals surface area contributed by atoms with Crippen LogP contribution in [0.5, 0.6) is 0 Å². The van der Waals surface area contributed by atoms with E-state index in [2.05, 4.69) is 68.0 Å². The van der Waals surface area contributed by atoms with E-state index in [0.29, 0.717) is 13.1 Å². The Labute approximate surface area is 271 Å². The summed E-state index contributed by atoms with van der Waals surface area (Å²) >= 11 is 3.69. The smallest absolute Gasteiger partial charge is 0.419 e. The average molecular weight is 675 g/mol. The van der Waals surface area contributed by atoms with Crippen molar-refractivity contribution >= 4 is 43.8 Å². The van der Waals surface area contributed by atoms with Gasteiger partial charge >= 0.3 is 6.09 Å². The predicted octanol–water partition coefficient (Wildman–Crippen LogP) is 7.43. The van der Waals surface area contributed by atoms with Crippen molar-refractivity contribution in [3.8, 4) is 11.3 Å². The van der Waals surface area contributed by atoms with Crippen LogP contribution in [0, 0.1) is 5.92 Å². The van der Waals surface area contributed by atoms with Crippen LogP contribution >= 0.6 is 15.9 Å². The zero-order valence-corrected chi connectivity index (χ0v) is 27.7. The lowest BCUT2D eigenvalue weighted by atomic mass is 9.85. The van der Waals surface area contributed by atoms with E-state index < -0.39 is 5.60 Å². The highest BCUT2D eigenvalue weighted by atomic mass is 79.9. The zero-order chi connectivity index (χ0) is 31.1. The Kier molecular flexibility index (Phi) is 8.26. The summed E-state index contributed by atoms with van der Waals surface area (Å²) in [5.41, 5.74) is 4.87. The largest absolute Gasteiger partial charge is 0.443 e. The van der Waals surface area contributed by atoms with E-state index in [4.69, 9.17) is 14.6 Å². The Hall–Kier alpha value is -3.54. The standard InChI is InChI=1S/C34H40BrN7O3/c1-34(2,3)45-33(43)41-26(18-36-17-22-7-6-8-22)14-24-11-10-23(13-30(24)41)20-40-21-29(38-39-40)27-15-25(35)16-31-28(27)19-37-42(31)32-9-4-5-12-44-32/h10-11,13-16,19,21-22,32,36H,4-9,12,17-18,20H2,1-3H3. The number of benzene rings is 2. The van der Waals surface area contributed by atoms with Crippen LogP contribution in [0.2, 0.25) is 0 Å². The van der Waals surface area contributed by atoms with Gasteiger partial charge in [-0.05, 0) is 95.2 Å². The molecule has 0 radical (unpaired) electrons. The predicted molar refractivity (Wildman–Crippen MR) is 177 cm³/mol. The maximum Gasteiger partial charge on any atom is 0.419 e. The number of halogens is 1. The second-order valence-electron chi connectivity index (χ2n) is 13.4. The molecule has 1 N–H and O–H groups in total. The number of ether oxygens (including phenoxy) is 2. The van der Waals surface area contributed by atoms with E-state index >= 15 is 0 Å². The van der Waals surface area contributed by atoms with Crippen molar-refractivity contribution in [1.29, 1.82) is 0 Å². The number of carbonyl (C=O) groups is 1. The molecule has 7 rings (SSSR count). The lowest BCUT2D eigenvalue weighted by Gasteiger charge is -2.25. The van der Waals surface area contributed by atoms with E-state index in [0.717, 1.165) is 87.1 Å². The van der Waals surface area contributed by atoms with Crippen molar-refractivity contribution in [2.45, 2.75) is 84.2 Å². The first kappa shape index (κ1) is 30.1. The normalized spacial score (nSPS) is 17.6. The molecule has 1 saturated heterocycles. The van der Waals surface area contributed by atoms with Crippen LogP contribution in [0.4, 0.5) is 4.79 Å². The molecule has 2 aliphatic rings. The van der Waals surface area contributed by atoms with Crippen LogP contribution in [0.3, 0.4) is 0 Å². The molecule has 45 heavy (non-hydrogen) atoms. The van der Waals surface area contributed by atoms with Crippen LogP contribution in [0.1, 0.15) is 76.8 Å². The molecule has 1 saturated carbocycles. The van der Waals surface area contributed by atoms with Crippen molar-refractivity contribution in [2.75, 3.05) is 13.2 Å². The summed E-state index contributed by atoms with van der Waals surface area (Å²) in [7, 11) is 0. The van der Waals surface area contributed by atoms with Crippen LogP contribution in [-0.4, -0.2) is 54.2 Å². The quantitative estimate of drug-likeness (QED) is 0.183. The van der Waals surface area contributed by atoms with Gasteiger partial charge in [0.15, 0.2) is 6.23 Å². The number of nitrogens with one attached hydrogen (secondary N) is 1. The van der Waals surface area contributed by atoms with Crippen molar-refractivity contribution in [3.63, 3.8) is 0 Å². The number of hydrogen-bond acceptors (Lipinski definition) is 7. The third-order valence-corrected chi connectivity index (χ3v) is 9.21. The number of carbonyl (C=O) groups excluding carboxylic acids is 1. The average Bonchev–Trinajstić information content (AvgIpc) is 3.70. The van der Waals surface area contributed by atoms with Crippen LogP contribution in [-0.2, 0) is 22.6 Å². The first-order valence-electron chi connectivity index (χ1n) is 16.0. The fourth-order valence-corrected chi connectivity index (χ4v) is 6.76. The number of fused-ring (bicyclic) bond motifs is 2. The van der Waals surface area contributed by atoms with Crippen molar-refractivity contribution in [2.24, 2.45) is 5.92 Å². The summed E-state index contributed by atoms with van der Waals surface area (Å²) in [6.45, 7) is 8.52. The minimum Gasteiger partial charge on any atom is -0.443 e. The highest BCUT2D eigenvalue weighted by Crippen LogP contribution is 2.34. The summed E-state index contributed by atoms with van der Waals surface area (Å²) in [6.07, 6.45) is 10.5. The summed E-state index contributed by atoms with van der Waals surface area (Å²) in [4.78, 5) is 13.5. The van der Waals surface area contributed by atoms with E-state index in [1.165, 1.54) is 19.3 Å². The van der Waals surface area contributed by atoms with Crippen molar-refractivity contribution in [3.05, 3.63) is 64.5 Å². The summed E-state index contributed by atoms with van der Waals surface area (Å²) in [5, 5.41) is 19.3. The second-order valence-corrected chi connectivity index (χ2v) is 14.3. The lowest BCUT2D eigenvalue weighted by molar-refractivity contribution is -0.0366. The Morgan fingerprint density at radius 3 is 2.71 bits per heavy atom. The molecule has 0 bridgehead atoms. The molecule has 1 atom stereocenters. The fraction of sp³-hybridized carbons (Fsp3) is 0.471. The molecule has 1 unspecified atom stereocenters. The molecule has 236 valence electrons. The van der Waals surface area contributed by atoms with E-state index in [9.17, 15) is 4.79 Å². The van der Waals surface area contributed by atoms with E-state index in [-0.39, 0.29) is 12.3 Å². The van der Waals surface area contributed by atoms with Crippen molar-refractivity contribution in [1.82, 2.24) is 34.7 Å². The highest BCUT2D eigenvalue weighted by Gasteiger charge is 2.24. The second kappa shape index (κ2) is 12.3. The number of aromatic nitrogens is 6. The number of rotatable bonds is 8. The molecule has 4 heterocycles. The minimum absolute atomic E-state index is 0.0531. The monoisotopic (exact) mass is 673 g/mol. The topological polar surface area (TPSA) is 101 Å². The molecule has 5 aromatic rings. The number of hydrogen-bond donors (Lipinski definition) is 1. The minimum atomic E-state index is -0.600. The molecule has 2 aromatic carbocycles. The van der Waals surface area contributed by atoms with Crippen molar-refractivity contribution < 1.29 is 14.3 Å². The van der Waals surface area contributed by atoms with Gasteiger partial charge in [-0.2, -0.15) is 5.10 Å². The Morgan fingerprint density at radius 2 is 1.96 bits per heavy atom. The third kappa shape index (κ3) is 6.43. The van der Waals surface area contributed by atoms with Gasteiger partial charge < -0.3 is 14.8 Å². The molecule has 2 fully saturated rings. The number of nitrogens with zero attached hydrogens (tertiary/aromatic N) is 6. The molecular formula is C34H40BrN7O3. The molecule has 1 aliphatic carbocycles. The molecule has 10 nitrogen and oxygen atoms in total. The SMILES string of the molecule is CC(C)(C)OC(=O)n1c(CNCC2CCC2)cc2ccc(Cn3cc(-c4cc(Br)cc5c4cnn5C4CCCCO4)nn3)cc21. The molecule has 11 heteroatoms. The first-order chi connectivity index (χ1) is 21.7. The Balaban J connectivity index is 1.16. The van der Waals surface area contributed by atoms with Crippen LogP contribution in [0.15, 0.2) is 53.3 Å². The summed E-state index contributed by atoms with van der Waals surface area (Å²) in [5.74, 6) is 0.735. The van der Waals surface area contributed by atoms with E-state index in [1.807, 2.05) is 42.5 Å². The van der Waals surface area contributed by atoms with Gasteiger partial charge in [-0.1, -0.05) is 39.7 Å². The Bertz CT molecular complexity index is 1840. The van der Waals surface area contributed by atoms with Gasteiger partial charge in [0.25, 0.3) is 0 Å². The van der Waals surface area contributed by atoms with Crippen LogP contribution < -0.4 is 5.32 Å². The zero-order valence-electron chi connectivity index (χ0n) is 26.1. The molecule has 0 spiro atoms. The fourth-order valence-electron chi connectivity index (χ4n) is 6.31. The van der Waals surface area contributed by atoms with Gasteiger partial charge in [0.2, 0.25) is 0 Å². The highest BCUT2D eigenvalue weighted by molar-refractivity contribution is 9.10. The van der Waals surface area contributed by atoms with Gasteiger partial charge in [0.1, 0.15) is 11.3 Å². The summed E-state index contributed by atoms with van der Waals surface area (Å²) in [6, 6.07) is 12.4. The van der Waals surface area contributed by atoms with E-state index in [1.54, 1.807) is 4.57 Å². The molecule has 1 aliphatic heterocycles. The maximum atomic E-state index is 13.5. The Morgan fingerprint density at radius 1 is 1.09 bits per heavy atom. The molecule has 3 aromatic heterocycles. The lowest BCUT2D eigenvalue weighted by Crippen LogP contribution is -2.30. The van der Waals surface area contributed by atoms with Gasteiger partial charge in [-0.15, -0.1) is 5.10 Å². The third-order valence-electron chi connectivity index (χ3n) is 8.75. The molecular weight excluding hydrogens is 634 g/mol. The summed E-state index contributed by atoms with van der Waals surface area (Å²) < 4.78 is 18.3. The van der Waals surface area contributed by atoms with Gasteiger partial charge in [0, 0.05) is 39.7 Å². The van der Waals surface area contributed by atoms with Gasteiger partial charge in [-0.3, -0.25) is 0 Å². The molecule has 0 amide bonds. The first-order valence-corrected chi connectivity index (χ1v) is 16.8. The van der Waals surface area contributed by atoms with Crippen LogP contribution in [0.25, 0.3) is 33.1 Å². The maximum absolute atomic E-state index is 13.5.